The summed E-state index contributed by atoms with van der Waals surface area (Å²) in [5.41, 5.74) is 0.522. The summed E-state index contributed by atoms with van der Waals surface area (Å²) in [5.74, 6) is 3.06. The van der Waals surface area contributed by atoms with Gasteiger partial charge in [0, 0.05) is 5.92 Å². The molecule has 22 heavy (non-hydrogen) atoms. The highest BCUT2D eigenvalue weighted by atomic mass is 16.3. The molecular weight excluding hydrogens is 272 g/mol. The highest BCUT2D eigenvalue weighted by Gasteiger charge is 2.61. The molecule has 8 atom stereocenters. The quantitative estimate of drug-likeness (QED) is 0.737. The Hall–Kier alpha value is -0.370. The highest BCUT2D eigenvalue weighted by Crippen LogP contribution is 2.67. The average molecular weight is 304 g/mol. The second-order valence-corrected chi connectivity index (χ2v) is 9.41. The van der Waals surface area contributed by atoms with Crippen molar-refractivity contribution in [1.29, 1.82) is 0 Å². The van der Waals surface area contributed by atoms with Gasteiger partial charge < -0.3 is 9.90 Å². The van der Waals surface area contributed by atoms with Gasteiger partial charge in [-0.25, -0.2) is 0 Å². The molecule has 1 unspecified atom stereocenters. The van der Waals surface area contributed by atoms with E-state index in [0.29, 0.717) is 23.2 Å². The molecule has 0 spiro atoms. The van der Waals surface area contributed by atoms with E-state index >= 15 is 0 Å². The van der Waals surface area contributed by atoms with Crippen molar-refractivity contribution in [2.45, 2.75) is 77.7 Å². The van der Waals surface area contributed by atoms with E-state index in [4.69, 9.17) is 0 Å². The molecular formula is C20H32O2. The SMILES string of the molecule is C[C@]12CCCC[C@@H]1C(C=O)C[C@@H]1[C@@H]2CC[C@]2(C)[C@@H](O)CC[C@@H]12. The topological polar surface area (TPSA) is 37.3 Å². The van der Waals surface area contributed by atoms with Crippen LogP contribution in [0.1, 0.15) is 71.6 Å². The Morgan fingerprint density at radius 3 is 2.45 bits per heavy atom. The first-order valence-corrected chi connectivity index (χ1v) is 9.64. The van der Waals surface area contributed by atoms with Crippen LogP contribution < -0.4 is 0 Å². The molecule has 0 radical (unpaired) electrons. The Labute approximate surface area is 135 Å². The molecule has 1 N–H and O–H groups in total. The standard InChI is InChI=1S/C20H32O2/c1-19-9-4-3-5-15(19)13(12-21)11-14-16-6-7-18(22)20(16,2)10-8-17(14)19/h12-18,22H,3-11H2,1-2H3/t13?,14-,15+,16-,17-,18-,19-,20-/m0/s1. The highest BCUT2D eigenvalue weighted by molar-refractivity contribution is 5.55. The largest absolute Gasteiger partial charge is 0.393 e. The number of carbonyl (C=O) groups excluding carboxylic acids is 1. The van der Waals surface area contributed by atoms with Crippen molar-refractivity contribution in [3.63, 3.8) is 0 Å². The van der Waals surface area contributed by atoms with Gasteiger partial charge in [-0.05, 0) is 79.4 Å². The van der Waals surface area contributed by atoms with Gasteiger partial charge >= 0.3 is 0 Å². The fourth-order valence-electron chi connectivity index (χ4n) is 7.59. The summed E-state index contributed by atoms with van der Waals surface area (Å²) in [6, 6.07) is 0. The van der Waals surface area contributed by atoms with Gasteiger partial charge in [0.25, 0.3) is 0 Å². The number of aliphatic hydroxyl groups is 1. The second kappa shape index (κ2) is 5.06. The summed E-state index contributed by atoms with van der Waals surface area (Å²) in [7, 11) is 0. The first kappa shape index (κ1) is 15.2. The van der Waals surface area contributed by atoms with E-state index in [1.54, 1.807) is 0 Å². The van der Waals surface area contributed by atoms with Crippen LogP contribution in [0.3, 0.4) is 0 Å². The molecule has 124 valence electrons. The van der Waals surface area contributed by atoms with E-state index in [2.05, 4.69) is 13.8 Å². The van der Waals surface area contributed by atoms with Crippen molar-refractivity contribution < 1.29 is 9.90 Å². The summed E-state index contributed by atoms with van der Waals surface area (Å²) in [4.78, 5) is 11.8. The fraction of sp³-hybridized carbons (Fsp3) is 0.950. The molecule has 0 amide bonds. The van der Waals surface area contributed by atoms with E-state index in [1.807, 2.05) is 0 Å². The van der Waals surface area contributed by atoms with Gasteiger partial charge in [0.15, 0.2) is 0 Å². The van der Waals surface area contributed by atoms with Crippen LogP contribution in [-0.4, -0.2) is 17.5 Å². The number of aldehydes is 1. The number of carbonyl (C=O) groups is 1. The van der Waals surface area contributed by atoms with E-state index in [9.17, 15) is 9.90 Å². The Balaban J connectivity index is 1.70. The van der Waals surface area contributed by atoms with Crippen molar-refractivity contribution >= 4 is 6.29 Å². The molecule has 0 aromatic heterocycles. The number of hydrogen-bond donors (Lipinski definition) is 1. The number of hydrogen-bond acceptors (Lipinski definition) is 2. The molecule has 4 saturated carbocycles. The fourth-order valence-corrected chi connectivity index (χ4v) is 7.59. The second-order valence-electron chi connectivity index (χ2n) is 9.41. The predicted octanol–water partition coefficient (Wildman–Crippen LogP) is 4.21. The van der Waals surface area contributed by atoms with Crippen LogP contribution in [0.2, 0.25) is 0 Å². The maximum Gasteiger partial charge on any atom is 0.123 e. The molecule has 0 bridgehead atoms. The Morgan fingerprint density at radius 1 is 0.909 bits per heavy atom. The molecule has 0 heterocycles. The minimum atomic E-state index is -0.106. The van der Waals surface area contributed by atoms with Crippen LogP contribution in [-0.2, 0) is 4.79 Å². The monoisotopic (exact) mass is 304 g/mol. The van der Waals surface area contributed by atoms with Crippen molar-refractivity contribution in [3.05, 3.63) is 0 Å². The Bertz CT molecular complexity index is 461. The molecule has 4 rings (SSSR count). The third-order valence-corrected chi connectivity index (χ3v) is 8.80. The normalized spacial score (nSPS) is 57.6. The maximum atomic E-state index is 11.8. The third kappa shape index (κ3) is 1.85. The minimum Gasteiger partial charge on any atom is -0.393 e. The van der Waals surface area contributed by atoms with Crippen LogP contribution in [0, 0.1) is 40.4 Å². The molecule has 0 saturated heterocycles. The zero-order valence-electron chi connectivity index (χ0n) is 14.3. The van der Waals surface area contributed by atoms with Gasteiger partial charge in [0.05, 0.1) is 6.10 Å². The summed E-state index contributed by atoms with van der Waals surface area (Å²) in [6.07, 6.45) is 12.2. The number of fused-ring (bicyclic) bond motifs is 5. The van der Waals surface area contributed by atoms with Gasteiger partial charge in [-0.2, -0.15) is 0 Å². The van der Waals surface area contributed by atoms with E-state index in [-0.39, 0.29) is 17.4 Å². The zero-order valence-corrected chi connectivity index (χ0v) is 14.3. The molecule has 2 nitrogen and oxygen atoms in total. The Kier molecular flexibility index (Phi) is 3.49. The number of aliphatic hydroxyl groups excluding tert-OH is 1. The smallest absolute Gasteiger partial charge is 0.123 e. The first-order valence-electron chi connectivity index (χ1n) is 9.64. The van der Waals surface area contributed by atoms with Crippen LogP contribution in [0.15, 0.2) is 0 Å². The molecule has 4 aliphatic rings. The van der Waals surface area contributed by atoms with Gasteiger partial charge in [0.2, 0.25) is 0 Å². The van der Waals surface area contributed by atoms with Gasteiger partial charge in [-0.15, -0.1) is 0 Å². The van der Waals surface area contributed by atoms with Crippen molar-refractivity contribution in [2.24, 2.45) is 40.4 Å². The lowest BCUT2D eigenvalue weighted by Crippen LogP contribution is -2.56. The van der Waals surface area contributed by atoms with Gasteiger partial charge in [-0.3, -0.25) is 0 Å². The van der Waals surface area contributed by atoms with Gasteiger partial charge in [0.1, 0.15) is 6.29 Å². The van der Waals surface area contributed by atoms with E-state index < -0.39 is 0 Å². The van der Waals surface area contributed by atoms with Crippen LogP contribution in [0.5, 0.6) is 0 Å². The lowest BCUT2D eigenvalue weighted by atomic mass is 9.43. The minimum absolute atomic E-state index is 0.106. The Morgan fingerprint density at radius 2 is 1.68 bits per heavy atom. The summed E-state index contributed by atoms with van der Waals surface area (Å²) >= 11 is 0. The molecule has 0 aromatic rings. The average Bonchev–Trinajstić information content (AvgIpc) is 2.82. The van der Waals surface area contributed by atoms with Gasteiger partial charge in [-0.1, -0.05) is 26.7 Å². The van der Waals surface area contributed by atoms with Crippen LogP contribution >= 0.6 is 0 Å². The van der Waals surface area contributed by atoms with Crippen molar-refractivity contribution in [2.75, 3.05) is 0 Å². The molecule has 2 heteroatoms. The predicted molar refractivity (Wildman–Crippen MR) is 87.3 cm³/mol. The van der Waals surface area contributed by atoms with Crippen molar-refractivity contribution in [1.82, 2.24) is 0 Å². The summed E-state index contributed by atoms with van der Waals surface area (Å²) < 4.78 is 0. The zero-order chi connectivity index (χ0) is 15.5. The molecule has 0 aliphatic heterocycles. The van der Waals surface area contributed by atoms with E-state index in [1.165, 1.54) is 51.2 Å². The lowest BCUT2D eigenvalue weighted by molar-refractivity contribution is -0.149. The maximum absolute atomic E-state index is 11.8. The number of rotatable bonds is 1. The molecule has 4 fully saturated rings. The van der Waals surface area contributed by atoms with Crippen LogP contribution in [0.4, 0.5) is 0 Å². The van der Waals surface area contributed by atoms with E-state index in [0.717, 1.165) is 18.8 Å². The molecule has 0 aromatic carbocycles. The summed E-state index contributed by atoms with van der Waals surface area (Å²) in [6.45, 7) is 4.84. The van der Waals surface area contributed by atoms with Crippen molar-refractivity contribution in [3.8, 4) is 0 Å². The van der Waals surface area contributed by atoms with Crippen LogP contribution in [0.25, 0.3) is 0 Å². The molecule has 4 aliphatic carbocycles. The first-order chi connectivity index (χ1) is 10.5. The summed E-state index contributed by atoms with van der Waals surface area (Å²) in [5, 5.41) is 10.5. The third-order valence-electron chi connectivity index (χ3n) is 8.80. The lowest BCUT2D eigenvalue weighted by Gasteiger charge is -2.61.